The molecule has 2 rings (SSSR count). The summed E-state index contributed by atoms with van der Waals surface area (Å²) >= 11 is 0. The molecule has 0 amide bonds. The Morgan fingerprint density at radius 1 is 1.47 bits per heavy atom. The molecule has 78 valence electrons. The number of H-pyrrole nitrogens is 1. The zero-order valence-corrected chi connectivity index (χ0v) is 8.16. The van der Waals surface area contributed by atoms with E-state index in [0.717, 1.165) is 5.69 Å². The van der Waals surface area contributed by atoms with Crippen LogP contribution in [-0.4, -0.2) is 19.9 Å². The van der Waals surface area contributed by atoms with Crippen molar-refractivity contribution in [3.8, 4) is 0 Å². The quantitative estimate of drug-likeness (QED) is 0.795. The van der Waals surface area contributed by atoms with E-state index in [4.69, 9.17) is 0 Å². The van der Waals surface area contributed by atoms with Gasteiger partial charge in [0.2, 0.25) is 0 Å². The number of aromatic nitrogens is 4. The van der Waals surface area contributed by atoms with Crippen molar-refractivity contribution in [2.45, 2.75) is 13.5 Å². The predicted octanol–water partition coefficient (Wildman–Crippen LogP) is 1.26. The highest BCUT2D eigenvalue weighted by molar-refractivity contribution is 5.37. The van der Waals surface area contributed by atoms with Crippen molar-refractivity contribution >= 4 is 5.82 Å². The minimum atomic E-state index is -0.419. The lowest BCUT2D eigenvalue weighted by molar-refractivity contribution is 0.604. The van der Waals surface area contributed by atoms with Crippen molar-refractivity contribution in [2.24, 2.45) is 0 Å². The number of anilines is 1. The first-order valence-electron chi connectivity index (χ1n) is 4.45. The van der Waals surface area contributed by atoms with Crippen LogP contribution in [0.25, 0.3) is 0 Å². The molecule has 0 radical (unpaired) electrons. The molecule has 2 heterocycles. The van der Waals surface area contributed by atoms with E-state index in [0.29, 0.717) is 12.2 Å². The van der Waals surface area contributed by atoms with E-state index in [1.165, 1.54) is 6.33 Å². The van der Waals surface area contributed by atoms with Gasteiger partial charge in [0.05, 0.1) is 24.3 Å². The van der Waals surface area contributed by atoms with E-state index in [9.17, 15) is 4.39 Å². The van der Waals surface area contributed by atoms with Crippen molar-refractivity contribution < 1.29 is 4.39 Å². The third-order valence-electron chi connectivity index (χ3n) is 1.96. The summed E-state index contributed by atoms with van der Waals surface area (Å²) in [5.41, 5.74) is 1.20. The van der Waals surface area contributed by atoms with Gasteiger partial charge in [0.25, 0.3) is 0 Å². The first-order valence-corrected chi connectivity index (χ1v) is 4.45. The second-order valence-electron chi connectivity index (χ2n) is 3.05. The third kappa shape index (κ3) is 2.09. The molecule has 0 aliphatic carbocycles. The van der Waals surface area contributed by atoms with Gasteiger partial charge in [-0.25, -0.2) is 19.3 Å². The number of halogens is 1. The van der Waals surface area contributed by atoms with Gasteiger partial charge in [0.1, 0.15) is 6.33 Å². The topological polar surface area (TPSA) is 66.5 Å². The lowest BCUT2D eigenvalue weighted by atomic mass is 10.4. The van der Waals surface area contributed by atoms with Gasteiger partial charge in [-0.05, 0) is 6.92 Å². The molecule has 2 aromatic rings. The summed E-state index contributed by atoms with van der Waals surface area (Å²) in [5.74, 6) is -0.214. The van der Waals surface area contributed by atoms with Crippen LogP contribution in [0.1, 0.15) is 11.4 Å². The average Bonchev–Trinajstić information content (AvgIpc) is 2.73. The Bertz CT molecular complexity index is 440. The molecule has 0 aliphatic heterocycles. The molecule has 0 fully saturated rings. The van der Waals surface area contributed by atoms with Crippen LogP contribution in [0.3, 0.4) is 0 Å². The average molecular weight is 207 g/mol. The van der Waals surface area contributed by atoms with E-state index >= 15 is 0 Å². The second-order valence-corrected chi connectivity index (χ2v) is 3.05. The fraction of sp³-hybridized carbons (Fsp3) is 0.222. The van der Waals surface area contributed by atoms with Gasteiger partial charge < -0.3 is 10.3 Å². The zero-order chi connectivity index (χ0) is 10.7. The highest BCUT2D eigenvalue weighted by atomic mass is 19.1. The van der Waals surface area contributed by atoms with Crippen LogP contribution in [-0.2, 0) is 6.54 Å². The van der Waals surface area contributed by atoms with Crippen molar-refractivity contribution in [2.75, 3.05) is 5.32 Å². The van der Waals surface area contributed by atoms with Crippen LogP contribution < -0.4 is 5.32 Å². The monoisotopic (exact) mass is 207 g/mol. The minimum absolute atomic E-state index is 0.206. The molecule has 0 saturated carbocycles. The number of nitrogens with zero attached hydrogens (tertiary/aromatic N) is 3. The number of aryl methyl sites for hydroxylation is 1. The Morgan fingerprint density at radius 3 is 3.07 bits per heavy atom. The number of nitrogens with one attached hydrogen (secondary N) is 2. The number of hydrogen-bond donors (Lipinski definition) is 2. The molecule has 15 heavy (non-hydrogen) atoms. The number of rotatable bonds is 3. The standard InChI is InChI=1S/C9H10FN5/c1-6-8(10)9(15-5-13-6)12-3-7-2-11-4-14-7/h2,4-5H,3H2,1H3,(H,11,14)(H,12,13,15). The first-order chi connectivity index (χ1) is 7.27. The Hall–Kier alpha value is -1.98. The van der Waals surface area contributed by atoms with Crippen molar-refractivity contribution in [3.63, 3.8) is 0 Å². The van der Waals surface area contributed by atoms with E-state index in [-0.39, 0.29) is 5.82 Å². The molecular formula is C9H10FN5. The van der Waals surface area contributed by atoms with Crippen LogP contribution in [0.2, 0.25) is 0 Å². The molecule has 0 spiro atoms. The normalized spacial score (nSPS) is 10.3. The van der Waals surface area contributed by atoms with Crippen LogP contribution in [0.5, 0.6) is 0 Å². The van der Waals surface area contributed by atoms with Gasteiger partial charge in [0, 0.05) is 6.20 Å². The highest BCUT2D eigenvalue weighted by Crippen LogP contribution is 2.12. The summed E-state index contributed by atoms with van der Waals surface area (Å²) in [6.45, 7) is 2.05. The lowest BCUT2D eigenvalue weighted by Gasteiger charge is -2.05. The molecule has 0 bridgehead atoms. The first kappa shape index (κ1) is 9.57. The maximum Gasteiger partial charge on any atom is 0.186 e. The maximum atomic E-state index is 13.4. The highest BCUT2D eigenvalue weighted by Gasteiger charge is 2.06. The predicted molar refractivity (Wildman–Crippen MR) is 52.6 cm³/mol. The molecule has 0 aromatic carbocycles. The third-order valence-corrected chi connectivity index (χ3v) is 1.96. The van der Waals surface area contributed by atoms with E-state index < -0.39 is 5.82 Å². The number of aromatic amines is 1. The number of hydrogen-bond acceptors (Lipinski definition) is 4. The van der Waals surface area contributed by atoms with Crippen molar-refractivity contribution in [3.05, 3.63) is 36.1 Å². The van der Waals surface area contributed by atoms with Gasteiger partial charge >= 0.3 is 0 Å². The van der Waals surface area contributed by atoms with Gasteiger partial charge in [-0.1, -0.05) is 0 Å². The fourth-order valence-corrected chi connectivity index (χ4v) is 1.14. The van der Waals surface area contributed by atoms with Crippen molar-refractivity contribution in [1.29, 1.82) is 0 Å². The summed E-state index contributed by atoms with van der Waals surface area (Å²) in [6.07, 6.45) is 4.56. The van der Waals surface area contributed by atoms with Gasteiger partial charge in [-0.3, -0.25) is 0 Å². The molecule has 0 unspecified atom stereocenters. The minimum Gasteiger partial charge on any atom is -0.362 e. The zero-order valence-electron chi connectivity index (χ0n) is 8.16. The van der Waals surface area contributed by atoms with Crippen LogP contribution in [0.4, 0.5) is 10.2 Å². The van der Waals surface area contributed by atoms with E-state index in [1.54, 1.807) is 19.4 Å². The van der Waals surface area contributed by atoms with Crippen LogP contribution in [0, 0.1) is 12.7 Å². The largest absolute Gasteiger partial charge is 0.362 e. The summed E-state index contributed by atoms with van der Waals surface area (Å²) in [7, 11) is 0. The molecule has 0 saturated heterocycles. The lowest BCUT2D eigenvalue weighted by Crippen LogP contribution is -2.05. The fourth-order valence-electron chi connectivity index (χ4n) is 1.14. The Morgan fingerprint density at radius 2 is 2.33 bits per heavy atom. The molecule has 0 atom stereocenters. The summed E-state index contributed by atoms with van der Waals surface area (Å²) in [4.78, 5) is 14.3. The smallest absolute Gasteiger partial charge is 0.186 e. The van der Waals surface area contributed by atoms with E-state index in [2.05, 4.69) is 25.3 Å². The Labute approximate surface area is 85.8 Å². The molecule has 0 aliphatic rings. The Kier molecular flexibility index (Phi) is 2.57. The molecule has 6 heteroatoms. The summed E-state index contributed by atoms with van der Waals surface area (Å²) in [5, 5.41) is 2.86. The van der Waals surface area contributed by atoms with Crippen LogP contribution in [0.15, 0.2) is 18.9 Å². The van der Waals surface area contributed by atoms with Gasteiger partial charge in [0.15, 0.2) is 11.6 Å². The summed E-state index contributed by atoms with van der Waals surface area (Å²) < 4.78 is 13.4. The molecule has 2 aromatic heterocycles. The Balaban J connectivity index is 2.08. The molecule has 2 N–H and O–H groups in total. The molecule has 5 nitrogen and oxygen atoms in total. The van der Waals surface area contributed by atoms with Crippen LogP contribution >= 0.6 is 0 Å². The maximum absolute atomic E-state index is 13.4. The second kappa shape index (κ2) is 4.04. The summed E-state index contributed by atoms with van der Waals surface area (Å²) in [6, 6.07) is 0. The number of imidazole rings is 1. The van der Waals surface area contributed by atoms with Gasteiger partial charge in [-0.15, -0.1) is 0 Å². The van der Waals surface area contributed by atoms with Gasteiger partial charge in [-0.2, -0.15) is 0 Å². The SMILES string of the molecule is Cc1ncnc(NCc2cnc[nH]2)c1F. The molecular weight excluding hydrogens is 197 g/mol. The van der Waals surface area contributed by atoms with E-state index in [1.807, 2.05) is 0 Å². The van der Waals surface area contributed by atoms with Crippen molar-refractivity contribution in [1.82, 2.24) is 19.9 Å².